The molecule has 0 saturated carbocycles. The van der Waals surface area contributed by atoms with Gasteiger partial charge in [-0.2, -0.15) is 5.10 Å². The van der Waals surface area contributed by atoms with Crippen LogP contribution in [0.2, 0.25) is 10.3 Å². The third-order valence-electron chi connectivity index (χ3n) is 2.95. The number of aromatic nitrogens is 3. The van der Waals surface area contributed by atoms with Crippen molar-refractivity contribution in [1.29, 1.82) is 0 Å². The van der Waals surface area contributed by atoms with Crippen LogP contribution < -0.4 is 0 Å². The summed E-state index contributed by atoms with van der Waals surface area (Å²) in [6.07, 6.45) is 4.92. The van der Waals surface area contributed by atoms with Gasteiger partial charge < -0.3 is 4.74 Å². The summed E-state index contributed by atoms with van der Waals surface area (Å²) in [5.41, 5.74) is 0.877. The number of hydrogen-bond donors (Lipinski definition) is 0. The summed E-state index contributed by atoms with van der Waals surface area (Å²) in [6, 6.07) is 1.77. The third kappa shape index (κ3) is 2.01. The Balaban J connectivity index is 2.10. The van der Waals surface area contributed by atoms with E-state index >= 15 is 0 Å². The zero-order chi connectivity index (χ0) is 11.8. The highest BCUT2D eigenvalue weighted by molar-refractivity contribution is 6.36. The predicted octanol–water partition coefficient (Wildman–Crippen LogP) is 3.44. The summed E-state index contributed by atoms with van der Waals surface area (Å²) < 4.78 is 7.55. The van der Waals surface area contributed by atoms with Crippen molar-refractivity contribution in [1.82, 2.24) is 14.8 Å². The van der Waals surface area contributed by atoms with Gasteiger partial charge in [0.1, 0.15) is 10.3 Å². The fourth-order valence-corrected chi connectivity index (χ4v) is 2.59. The number of nitrogens with zero attached hydrogens (tertiary/aromatic N) is 3. The maximum absolute atomic E-state index is 6.02. The van der Waals surface area contributed by atoms with Crippen LogP contribution >= 0.6 is 23.2 Å². The van der Waals surface area contributed by atoms with Crippen LogP contribution in [0.4, 0.5) is 0 Å². The van der Waals surface area contributed by atoms with Crippen molar-refractivity contribution in [3.05, 3.63) is 22.6 Å². The molecule has 2 aromatic rings. The molecule has 17 heavy (non-hydrogen) atoms. The molecule has 0 aliphatic carbocycles. The molecule has 1 atom stereocenters. The van der Waals surface area contributed by atoms with E-state index in [0.717, 1.165) is 36.8 Å². The molecule has 2 aromatic heterocycles. The molecule has 90 valence electrons. The highest BCUT2D eigenvalue weighted by Gasteiger charge is 2.19. The van der Waals surface area contributed by atoms with E-state index in [2.05, 4.69) is 10.1 Å². The van der Waals surface area contributed by atoms with E-state index in [1.807, 2.05) is 4.68 Å². The first-order chi connectivity index (χ1) is 8.25. The van der Waals surface area contributed by atoms with Crippen molar-refractivity contribution < 1.29 is 4.74 Å². The van der Waals surface area contributed by atoms with Crippen LogP contribution in [0.5, 0.6) is 0 Å². The standard InChI is InChI=1S/C11H11Cl2N3O/c12-9-5-8-7(11(13)15-9)6-14-16(8)10-3-1-2-4-17-10/h5-6,10H,1-4H2. The summed E-state index contributed by atoms with van der Waals surface area (Å²) in [5, 5.41) is 5.90. The van der Waals surface area contributed by atoms with Gasteiger partial charge in [0.2, 0.25) is 0 Å². The van der Waals surface area contributed by atoms with E-state index in [4.69, 9.17) is 27.9 Å². The minimum Gasteiger partial charge on any atom is -0.356 e. The molecule has 6 heteroatoms. The molecule has 1 aliphatic heterocycles. The Morgan fingerprint density at radius 3 is 3.00 bits per heavy atom. The second kappa shape index (κ2) is 4.44. The van der Waals surface area contributed by atoms with Gasteiger partial charge in [0.15, 0.2) is 6.23 Å². The molecule has 0 radical (unpaired) electrons. The van der Waals surface area contributed by atoms with Gasteiger partial charge in [-0.15, -0.1) is 0 Å². The lowest BCUT2D eigenvalue weighted by molar-refractivity contribution is -0.0366. The molecule has 1 aliphatic rings. The molecule has 0 amide bonds. The lowest BCUT2D eigenvalue weighted by Crippen LogP contribution is -2.18. The minimum atomic E-state index is -0.0178. The van der Waals surface area contributed by atoms with Gasteiger partial charge in [0.25, 0.3) is 0 Å². The van der Waals surface area contributed by atoms with Gasteiger partial charge in [-0.1, -0.05) is 23.2 Å². The van der Waals surface area contributed by atoms with E-state index in [1.165, 1.54) is 0 Å². The molecule has 0 bridgehead atoms. The summed E-state index contributed by atoms with van der Waals surface area (Å²) in [7, 11) is 0. The first kappa shape index (κ1) is 11.3. The smallest absolute Gasteiger partial charge is 0.150 e. The van der Waals surface area contributed by atoms with Crippen molar-refractivity contribution in [2.45, 2.75) is 25.5 Å². The molecular formula is C11H11Cl2N3O. The monoisotopic (exact) mass is 271 g/mol. The number of hydrogen-bond acceptors (Lipinski definition) is 3. The molecule has 1 fully saturated rings. The molecule has 4 nitrogen and oxygen atoms in total. The molecule has 3 heterocycles. The second-order valence-corrected chi connectivity index (χ2v) is 4.82. The van der Waals surface area contributed by atoms with Crippen LogP contribution in [0, 0.1) is 0 Å². The van der Waals surface area contributed by atoms with Gasteiger partial charge in [0, 0.05) is 12.7 Å². The maximum Gasteiger partial charge on any atom is 0.150 e. The summed E-state index contributed by atoms with van der Waals surface area (Å²) in [5.74, 6) is 0. The summed E-state index contributed by atoms with van der Waals surface area (Å²) >= 11 is 11.9. The molecule has 3 rings (SSSR count). The third-order valence-corrected chi connectivity index (χ3v) is 3.43. The van der Waals surface area contributed by atoms with Gasteiger partial charge in [-0.25, -0.2) is 9.67 Å². The Morgan fingerprint density at radius 1 is 1.35 bits per heavy atom. The number of fused-ring (bicyclic) bond motifs is 1. The van der Waals surface area contributed by atoms with Crippen molar-refractivity contribution in [2.75, 3.05) is 6.61 Å². The zero-order valence-electron chi connectivity index (χ0n) is 9.07. The molecular weight excluding hydrogens is 261 g/mol. The SMILES string of the molecule is Clc1cc2c(cnn2C2CCCCO2)c(Cl)n1. The Labute approximate surface area is 108 Å². The van der Waals surface area contributed by atoms with Crippen LogP contribution in [0.25, 0.3) is 10.9 Å². The highest BCUT2D eigenvalue weighted by atomic mass is 35.5. The van der Waals surface area contributed by atoms with E-state index in [9.17, 15) is 0 Å². The number of pyridine rings is 1. The Bertz CT molecular complexity index is 549. The molecule has 0 N–H and O–H groups in total. The quantitative estimate of drug-likeness (QED) is 0.746. The topological polar surface area (TPSA) is 39.9 Å². The lowest BCUT2D eigenvalue weighted by Gasteiger charge is -2.23. The van der Waals surface area contributed by atoms with Gasteiger partial charge in [-0.3, -0.25) is 0 Å². The van der Waals surface area contributed by atoms with E-state index in [1.54, 1.807) is 12.3 Å². The van der Waals surface area contributed by atoms with Crippen LogP contribution in [-0.2, 0) is 4.74 Å². The molecule has 1 saturated heterocycles. The molecule has 0 aromatic carbocycles. The second-order valence-electron chi connectivity index (χ2n) is 4.08. The summed E-state index contributed by atoms with van der Waals surface area (Å²) in [4.78, 5) is 4.00. The Morgan fingerprint density at radius 2 is 2.24 bits per heavy atom. The highest BCUT2D eigenvalue weighted by Crippen LogP contribution is 2.29. The van der Waals surface area contributed by atoms with Gasteiger partial charge in [-0.05, 0) is 19.3 Å². The van der Waals surface area contributed by atoms with Crippen molar-refractivity contribution in [2.24, 2.45) is 0 Å². The van der Waals surface area contributed by atoms with Crippen molar-refractivity contribution in [3.8, 4) is 0 Å². The van der Waals surface area contributed by atoms with Crippen LogP contribution in [0.15, 0.2) is 12.3 Å². The maximum atomic E-state index is 6.02. The van der Waals surface area contributed by atoms with Crippen LogP contribution in [0.3, 0.4) is 0 Å². The first-order valence-corrected chi connectivity index (χ1v) is 6.32. The van der Waals surface area contributed by atoms with Crippen LogP contribution in [0.1, 0.15) is 25.5 Å². The number of rotatable bonds is 1. The van der Waals surface area contributed by atoms with Gasteiger partial charge >= 0.3 is 0 Å². The predicted molar refractivity (Wildman–Crippen MR) is 66.4 cm³/mol. The van der Waals surface area contributed by atoms with Crippen LogP contribution in [-0.4, -0.2) is 21.4 Å². The normalized spacial score (nSPS) is 20.9. The van der Waals surface area contributed by atoms with Gasteiger partial charge in [0.05, 0.1) is 17.1 Å². The lowest BCUT2D eigenvalue weighted by atomic mass is 10.2. The molecule has 1 unspecified atom stereocenters. The van der Waals surface area contributed by atoms with E-state index in [0.29, 0.717) is 10.3 Å². The average molecular weight is 272 g/mol. The average Bonchev–Trinajstić information content (AvgIpc) is 2.74. The fraction of sp³-hybridized carbons (Fsp3) is 0.455. The van der Waals surface area contributed by atoms with E-state index in [-0.39, 0.29) is 6.23 Å². The largest absolute Gasteiger partial charge is 0.356 e. The minimum absolute atomic E-state index is 0.0178. The number of halogens is 2. The number of ether oxygens (including phenoxy) is 1. The first-order valence-electron chi connectivity index (χ1n) is 5.56. The Hall–Kier alpha value is -0.840. The van der Waals surface area contributed by atoms with Crippen molar-refractivity contribution in [3.63, 3.8) is 0 Å². The fourth-order valence-electron chi connectivity index (χ4n) is 2.12. The van der Waals surface area contributed by atoms with Crippen molar-refractivity contribution >= 4 is 34.1 Å². The zero-order valence-corrected chi connectivity index (χ0v) is 10.6. The van der Waals surface area contributed by atoms with E-state index < -0.39 is 0 Å². The Kier molecular flexibility index (Phi) is 2.94. The molecule has 0 spiro atoms. The summed E-state index contributed by atoms with van der Waals surface area (Å²) in [6.45, 7) is 0.776.